The standard InChI is InChI=1S/C21H20FN5/c1-26(15-20-5-3-11-27(20)19-4-2-10-23-13-19)14-17-12-24-25-21(17)16-6-8-18(22)9-7-16/h2-13H,14-15H2,1H3,(H,24,25). The van der Waals surface area contributed by atoms with E-state index in [1.807, 2.05) is 36.8 Å². The summed E-state index contributed by atoms with van der Waals surface area (Å²) in [7, 11) is 2.07. The van der Waals surface area contributed by atoms with E-state index in [0.717, 1.165) is 35.6 Å². The van der Waals surface area contributed by atoms with Crippen molar-refractivity contribution >= 4 is 0 Å². The summed E-state index contributed by atoms with van der Waals surface area (Å²) in [6.45, 7) is 1.50. The first-order valence-electron chi connectivity index (χ1n) is 8.74. The monoisotopic (exact) mass is 361 g/mol. The SMILES string of the molecule is CN(Cc1cn[nH]c1-c1ccc(F)cc1)Cc1cccn1-c1cccnc1. The van der Waals surface area contributed by atoms with Gasteiger partial charge in [0.25, 0.3) is 0 Å². The third kappa shape index (κ3) is 3.80. The first kappa shape index (κ1) is 17.2. The molecule has 0 aliphatic heterocycles. The number of halogens is 1. The number of H-pyrrole nitrogens is 1. The molecule has 5 nitrogen and oxygen atoms in total. The summed E-state index contributed by atoms with van der Waals surface area (Å²) >= 11 is 0. The molecule has 0 fully saturated rings. The molecule has 3 heterocycles. The van der Waals surface area contributed by atoms with Gasteiger partial charge in [0, 0.05) is 42.3 Å². The highest BCUT2D eigenvalue weighted by Gasteiger charge is 2.12. The maximum atomic E-state index is 13.2. The van der Waals surface area contributed by atoms with Crippen molar-refractivity contribution in [3.05, 3.63) is 90.4 Å². The molecule has 0 aliphatic rings. The topological polar surface area (TPSA) is 49.7 Å². The molecule has 0 saturated heterocycles. The number of benzene rings is 1. The molecule has 0 amide bonds. The van der Waals surface area contributed by atoms with Crippen LogP contribution in [0.25, 0.3) is 16.9 Å². The third-order valence-corrected chi connectivity index (χ3v) is 4.48. The van der Waals surface area contributed by atoms with E-state index in [1.165, 1.54) is 17.8 Å². The third-order valence-electron chi connectivity index (χ3n) is 4.48. The van der Waals surface area contributed by atoms with Crippen molar-refractivity contribution in [2.24, 2.45) is 0 Å². The van der Waals surface area contributed by atoms with E-state index in [9.17, 15) is 4.39 Å². The summed E-state index contributed by atoms with van der Waals surface area (Å²) < 4.78 is 15.3. The molecule has 0 bridgehead atoms. The summed E-state index contributed by atoms with van der Waals surface area (Å²) in [5.74, 6) is -0.243. The zero-order chi connectivity index (χ0) is 18.6. The lowest BCUT2D eigenvalue weighted by Gasteiger charge is -2.18. The van der Waals surface area contributed by atoms with Crippen molar-refractivity contribution < 1.29 is 4.39 Å². The van der Waals surface area contributed by atoms with Gasteiger partial charge in [-0.1, -0.05) is 0 Å². The van der Waals surface area contributed by atoms with Crippen LogP contribution in [0, 0.1) is 5.82 Å². The second-order valence-electron chi connectivity index (χ2n) is 6.53. The van der Waals surface area contributed by atoms with Crippen molar-refractivity contribution in [1.82, 2.24) is 24.6 Å². The number of hydrogen-bond donors (Lipinski definition) is 1. The molecule has 4 aromatic rings. The molecule has 0 saturated carbocycles. The molecule has 1 N–H and O–H groups in total. The number of rotatable bonds is 6. The summed E-state index contributed by atoms with van der Waals surface area (Å²) in [6.07, 6.45) is 7.50. The molecule has 27 heavy (non-hydrogen) atoms. The van der Waals surface area contributed by atoms with Gasteiger partial charge >= 0.3 is 0 Å². The van der Waals surface area contributed by atoms with Crippen LogP contribution < -0.4 is 0 Å². The molecule has 0 unspecified atom stereocenters. The van der Waals surface area contributed by atoms with E-state index < -0.39 is 0 Å². The first-order valence-corrected chi connectivity index (χ1v) is 8.74. The number of aromatic amines is 1. The zero-order valence-corrected chi connectivity index (χ0v) is 15.0. The fourth-order valence-corrected chi connectivity index (χ4v) is 3.21. The van der Waals surface area contributed by atoms with Crippen LogP contribution in [0.3, 0.4) is 0 Å². The molecule has 136 valence electrons. The first-order chi connectivity index (χ1) is 13.2. The highest BCUT2D eigenvalue weighted by molar-refractivity contribution is 5.62. The van der Waals surface area contributed by atoms with Crippen LogP contribution in [-0.2, 0) is 13.1 Å². The van der Waals surface area contributed by atoms with E-state index in [2.05, 4.69) is 37.8 Å². The highest BCUT2D eigenvalue weighted by atomic mass is 19.1. The Bertz CT molecular complexity index is 1000. The number of aromatic nitrogens is 4. The van der Waals surface area contributed by atoms with Crippen LogP contribution in [-0.4, -0.2) is 31.7 Å². The fourth-order valence-electron chi connectivity index (χ4n) is 3.21. The van der Waals surface area contributed by atoms with E-state index in [0.29, 0.717) is 0 Å². The van der Waals surface area contributed by atoms with Gasteiger partial charge in [0.15, 0.2) is 0 Å². The Hall–Kier alpha value is -3.25. The maximum Gasteiger partial charge on any atom is 0.123 e. The van der Waals surface area contributed by atoms with Crippen molar-refractivity contribution in [3.63, 3.8) is 0 Å². The van der Waals surface area contributed by atoms with Crippen LogP contribution in [0.4, 0.5) is 4.39 Å². The normalized spacial score (nSPS) is 11.2. The van der Waals surface area contributed by atoms with Crippen molar-refractivity contribution in [2.75, 3.05) is 7.05 Å². The van der Waals surface area contributed by atoms with Crippen LogP contribution in [0.1, 0.15) is 11.3 Å². The quantitative estimate of drug-likeness (QED) is 0.564. The fraction of sp³-hybridized carbons (Fsp3) is 0.143. The lowest BCUT2D eigenvalue weighted by molar-refractivity contribution is 0.313. The summed E-state index contributed by atoms with van der Waals surface area (Å²) in [5.41, 5.74) is 5.14. The summed E-state index contributed by atoms with van der Waals surface area (Å²) in [6, 6.07) is 14.6. The molecular formula is C21H20FN5. The van der Waals surface area contributed by atoms with Crippen LogP contribution >= 0.6 is 0 Å². The minimum atomic E-state index is -0.243. The number of pyridine rings is 1. The Morgan fingerprint density at radius 2 is 1.89 bits per heavy atom. The summed E-state index contributed by atoms with van der Waals surface area (Å²) in [5, 5.41) is 7.21. The van der Waals surface area contributed by atoms with Crippen LogP contribution in [0.2, 0.25) is 0 Å². The van der Waals surface area contributed by atoms with Gasteiger partial charge in [0.05, 0.1) is 23.8 Å². The van der Waals surface area contributed by atoms with Gasteiger partial charge in [-0.05, 0) is 55.6 Å². The van der Waals surface area contributed by atoms with Gasteiger partial charge in [0.1, 0.15) is 5.82 Å². The molecule has 0 spiro atoms. The number of nitrogens with one attached hydrogen (secondary N) is 1. The van der Waals surface area contributed by atoms with Gasteiger partial charge in [-0.25, -0.2) is 4.39 Å². The molecule has 0 aliphatic carbocycles. The van der Waals surface area contributed by atoms with Crippen molar-refractivity contribution in [2.45, 2.75) is 13.1 Å². The smallest absolute Gasteiger partial charge is 0.123 e. The van der Waals surface area contributed by atoms with Crippen LogP contribution in [0.15, 0.2) is 73.3 Å². The largest absolute Gasteiger partial charge is 0.318 e. The molecule has 1 aromatic carbocycles. The van der Waals surface area contributed by atoms with E-state index in [1.54, 1.807) is 18.3 Å². The van der Waals surface area contributed by atoms with Gasteiger partial charge in [-0.15, -0.1) is 0 Å². The predicted octanol–water partition coefficient (Wildman–Crippen LogP) is 4.03. The molecule has 0 radical (unpaired) electrons. The zero-order valence-electron chi connectivity index (χ0n) is 15.0. The molecule has 3 aromatic heterocycles. The lowest BCUT2D eigenvalue weighted by atomic mass is 10.1. The van der Waals surface area contributed by atoms with Gasteiger partial charge < -0.3 is 4.57 Å². The molecule has 6 heteroatoms. The van der Waals surface area contributed by atoms with Crippen LogP contribution in [0.5, 0.6) is 0 Å². The van der Waals surface area contributed by atoms with Gasteiger partial charge in [-0.2, -0.15) is 5.10 Å². The number of hydrogen-bond acceptors (Lipinski definition) is 3. The Labute approximate surface area is 157 Å². The van der Waals surface area contributed by atoms with E-state index in [-0.39, 0.29) is 5.82 Å². The highest BCUT2D eigenvalue weighted by Crippen LogP contribution is 2.23. The second-order valence-corrected chi connectivity index (χ2v) is 6.53. The average Bonchev–Trinajstić information content (AvgIpc) is 3.33. The Morgan fingerprint density at radius 3 is 2.67 bits per heavy atom. The number of nitrogens with zero attached hydrogens (tertiary/aromatic N) is 4. The minimum absolute atomic E-state index is 0.243. The average molecular weight is 361 g/mol. The predicted molar refractivity (Wildman–Crippen MR) is 103 cm³/mol. The van der Waals surface area contributed by atoms with E-state index in [4.69, 9.17) is 0 Å². The van der Waals surface area contributed by atoms with Crippen molar-refractivity contribution in [3.8, 4) is 16.9 Å². The summed E-state index contributed by atoms with van der Waals surface area (Å²) in [4.78, 5) is 6.42. The Morgan fingerprint density at radius 1 is 1.04 bits per heavy atom. The minimum Gasteiger partial charge on any atom is -0.318 e. The van der Waals surface area contributed by atoms with Gasteiger partial charge in [0.2, 0.25) is 0 Å². The molecule has 4 rings (SSSR count). The van der Waals surface area contributed by atoms with Crippen molar-refractivity contribution in [1.29, 1.82) is 0 Å². The lowest BCUT2D eigenvalue weighted by Crippen LogP contribution is -2.19. The molecular weight excluding hydrogens is 341 g/mol. The maximum absolute atomic E-state index is 13.2. The van der Waals surface area contributed by atoms with Gasteiger partial charge in [-0.3, -0.25) is 15.0 Å². The van der Waals surface area contributed by atoms with E-state index >= 15 is 0 Å². The Balaban J connectivity index is 1.50. The second kappa shape index (κ2) is 7.55. The Kier molecular flexibility index (Phi) is 4.80. The molecule has 0 atom stereocenters.